The van der Waals surface area contributed by atoms with Crippen LogP contribution >= 0.6 is 11.3 Å². The van der Waals surface area contributed by atoms with Crippen molar-refractivity contribution in [1.29, 1.82) is 0 Å². The lowest BCUT2D eigenvalue weighted by Gasteiger charge is -2.21. The quantitative estimate of drug-likeness (QED) is 0.641. The Kier molecular flexibility index (Phi) is 5.27. The fourth-order valence-electron chi connectivity index (χ4n) is 2.48. The van der Waals surface area contributed by atoms with Gasteiger partial charge in [-0.3, -0.25) is 4.79 Å². The number of benzene rings is 1. The number of thiophene rings is 1. The molecule has 0 spiro atoms. The third-order valence-electron chi connectivity index (χ3n) is 3.70. The molecule has 1 amide bonds. The van der Waals surface area contributed by atoms with Gasteiger partial charge in [-0.2, -0.15) is 0 Å². The minimum absolute atomic E-state index is 0.170. The van der Waals surface area contributed by atoms with Crippen LogP contribution in [0.4, 0.5) is 0 Å². The SMILES string of the molecule is O=C(CCc1ccccc1)N(Cc1ccoc1)Cc1cccs1. The number of hydrogen-bond acceptors (Lipinski definition) is 3. The number of nitrogens with zero attached hydrogens (tertiary/aromatic N) is 1. The Morgan fingerprint density at radius 3 is 2.57 bits per heavy atom. The van der Waals surface area contributed by atoms with Crippen molar-refractivity contribution in [3.8, 4) is 0 Å². The molecular formula is C19H19NO2S. The minimum Gasteiger partial charge on any atom is -0.472 e. The second kappa shape index (κ2) is 7.79. The van der Waals surface area contributed by atoms with E-state index in [0.29, 0.717) is 19.5 Å². The van der Waals surface area contributed by atoms with Gasteiger partial charge in [-0.15, -0.1) is 11.3 Å². The van der Waals surface area contributed by atoms with Crippen LogP contribution in [-0.4, -0.2) is 10.8 Å². The van der Waals surface area contributed by atoms with Gasteiger partial charge in [0.25, 0.3) is 0 Å². The van der Waals surface area contributed by atoms with Gasteiger partial charge in [0, 0.05) is 23.4 Å². The lowest BCUT2D eigenvalue weighted by molar-refractivity contribution is -0.132. The Morgan fingerprint density at radius 2 is 1.87 bits per heavy atom. The molecule has 0 unspecified atom stereocenters. The van der Waals surface area contributed by atoms with Gasteiger partial charge in [0.05, 0.1) is 19.1 Å². The van der Waals surface area contributed by atoms with Gasteiger partial charge >= 0.3 is 0 Å². The van der Waals surface area contributed by atoms with Crippen molar-refractivity contribution in [2.45, 2.75) is 25.9 Å². The maximum absolute atomic E-state index is 12.7. The zero-order chi connectivity index (χ0) is 15.9. The summed E-state index contributed by atoms with van der Waals surface area (Å²) in [6, 6.07) is 16.1. The molecule has 0 atom stereocenters. The molecule has 23 heavy (non-hydrogen) atoms. The first-order valence-electron chi connectivity index (χ1n) is 7.66. The summed E-state index contributed by atoms with van der Waals surface area (Å²) in [4.78, 5) is 15.8. The molecule has 118 valence electrons. The molecule has 3 aromatic rings. The van der Waals surface area contributed by atoms with Gasteiger partial charge < -0.3 is 9.32 Å². The van der Waals surface area contributed by atoms with Crippen molar-refractivity contribution >= 4 is 17.2 Å². The topological polar surface area (TPSA) is 33.5 Å². The van der Waals surface area contributed by atoms with E-state index in [1.165, 1.54) is 10.4 Å². The van der Waals surface area contributed by atoms with Gasteiger partial charge in [0.15, 0.2) is 0 Å². The van der Waals surface area contributed by atoms with Gasteiger partial charge in [-0.25, -0.2) is 0 Å². The first-order valence-corrected chi connectivity index (χ1v) is 8.54. The van der Waals surface area contributed by atoms with Crippen molar-refractivity contribution in [2.75, 3.05) is 0 Å². The van der Waals surface area contributed by atoms with Gasteiger partial charge in [-0.05, 0) is 29.5 Å². The highest BCUT2D eigenvalue weighted by atomic mass is 32.1. The summed E-state index contributed by atoms with van der Waals surface area (Å²) in [6.07, 6.45) is 4.64. The molecule has 0 N–H and O–H groups in total. The monoisotopic (exact) mass is 325 g/mol. The Morgan fingerprint density at radius 1 is 1.00 bits per heavy atom. The van der Waals surface area contributed by atoms with E-state index < -0.39 is 0 Å². The van der Waals surface area contributed by atoms with E-state index in [2.05, 4.69) is 18.2 Å². The maximum atomic E-state index is 12.7. The Balaban J connectivity index is 1.65. The first kappa shape index (κ1) is 15.6. The molecule has 3 rings (SSSR count). The van der Waals surface area contributed by atoms with Crippen LogP contribution in [0, 0.1) is 0 Å². The van der Waals surface area contributed by atoms with Crippen LogP contribution in [0.2, 0.25) is 0 Å². The summed E-state index contributed by atoms with van der Waals surface area (Å²) in [7, 11) is 0. The summed E-state index contributed by atoms with van der Waals surface area (Å²) >= 11 is 1.68. The van der Waals surface area contributed by atoms with E-state index >= 15 is 0 Å². The van der Waals surface area contributed by atoms with Crippen molar-refractivity contribution in [3.63, 3.8) is 0 Å². The van der Waals surface area contributed by atoms with E-state index in [1.807, 2.05) is 40.6 Å². The number of carbonyl (C=O) groups is 1. The van der Waals surface area contributed by atoms with Gasteiger partial charge in [0.2, 0.25) is 5.91 Å². The Labute approximate surface area is 140 Å². The van der Waals surface area contributed by atoms with Crippen LogP contribution in [0.3, 0.4) is 0 Å². The highest BCUT2D eigenvalue weighted by molar-refractivity contribution is 7.09. The number of furan rings is 1. The van der Waals surface area contributed by atoms with E-state index in [1.54, 1.807) is 23.9 Å². The normalized spacial score (nSPS) is 10.6. The van der Waals surface area contributed by atoms with Crippen molar-refractivity contribution in [1.82, 2.24) is 4.90 Å². The Hall–Kier alpha value is -2.33. The van der Waals surface area contributed by atoms with Crippen molar-refractivity contribution < 1.29 is 9.21 Å². The van der Waals surface area contributed by atoms with Crippen molar-refractivity contribution in [3.05, 3.63) is 82.4 Å². The van der Waals surface area contributed by atoms with E-state index in [0.717, 1.165) is 12.0 Å². The van der Waals surface area contributed by atoms with Crippen molar-refractivity contribution in [2.24, 2.45) is 0 Å². The molecular weight excluding hydrogens is 306 g/mol. The van der Waals surface area contributed by atoms with Gasteiger partial charge in [-0.1, -0.05) is 36.4 Å². The smallest absolute Gasteiger partial charge is 0.223 e. The molecule has 0 aliphatic carbocycles. The fourth-order valence-corrected chi connectivity index (χ4v) is 3.20. The van der Waals surface area contributed by atoms with Gasteiger partial charge in [0.1, 0.15) is 0 Å². The molecule has 0 aliphatic rings. The molecule has 0 radical (unpaired) electrons. The van der Waals surface area contributed by atoms with E-state index in [-0.39, 0.29) is 5.91 Å². The number of carbonyl (C=O) groups excluding carboxylic acids is 1. The third kappa shape index (κ3) is 4.57. The standard InChI is InChI=1S/C19H19NO2S/c21-19(9-8-16-5-2-1-3-6-16)20(13-17-10-11-22-15-17)14-18-7-4-12-23-18/h1-7,10-12,15H,8-9,13-14H2. The largest absolute Gasteiger partial charge is 0.472 e. The molecule has 1 aromatic carbocycles. The second-order valence-corrected chi connectivity index (χ2v) is 6.48. The second-order valence-electron chi connectivity index (χ2n) is 5.45. The summed E-state index contributed by atoms with van der Waals surface area (Å²) in [5.41, 5.74) is 2.22. The summed E-state index contributed by atoms with van der Waals surface area (Å²) in [5, 5.41) is 2.04. The summed E-state index contributed by atoms with van der Waals surface area (Å²) in [5.74, 6) is 0.170. The highest BCUT2D eigenvalue weighted by Crippen LogP contribution is 2.16. The van der Waals surface area contributed by atoms with E-state index in [4.69, 9.17) is 4.42 Å². The van der Waals surface area contributed by atoms with E-state index in [9.17, 15) is 4.79 Å². The Bertz CT molecular complexity index is 669. The lowest BCUT2D eigenvalue weighted by atomic mass is 10.1. The molecule has 0 fully saturated rings. The highest BCUT2D eigenvalue weighted by Gasteiger charge is 2.15. The predicted octanol–water partition coefficient (Wildman–Crippen LogP) is 4.50. The number of rotatable bonds is 7. The van der Waals surface area contributed by atoms with Crippen LogP contribution in [0.1, 0.15) is 22.4 Å². The maximum Gasteiger partial charge on any atom is 0.223 e. The molecule has 3 nitrogen and oxygen atoms in total. The number of aryl methyl sites for hydroxylation is 1. The molecule has 0 aliphatic heterocycles. The van der Waals surface area contributed by atoms with Crippen LogP contribution < -0.4 is 0 Å². The molecule has 4 heteroatoms. The molecule has 2 aromatic heterocycles. The lowest BCUT2D eigenvalue weighted by Crippen LogP contribution is -2.29. The minimum atomic E-state index is 0.170. The average Bonchev–Trinajstić information content (AvgIpc) is 3.27. The molecule has 2 heterocycles. The van der Waals surface area contributed by atoms with Crippen LogP contribution in [-0.2, 0) is 24.3 Å². The van der Waals surface area contributed by atoms with Crippen LogP contribution in [0.5, 0.6) is 0 Å². The third-order valence-corrected chi connectivity index (χ3v) is 4.56. The van der Waals surface area contributed by atoms with Crippen LogP contribution in [0.25, 0.3) is 0 Å². The first-order chi connectivity index (χ1) is 11.3. The molecule has 0 bridgehead atoms. The van der Waals surface area contributed by atoms with Crippen LogP contribution in [0.15, 0.2) is 70.9 Å². The fraction of sp³-hybridized carbons (Fsp3) is 0.211. The zero-order valence-corrected chi connectivity index (χ0v) is 13.7. The number of hydrogen-bond donors (Lipinski definition) is 0. The zero-order valence-electron chi connectivity index (χ0n) is 12.9. The molecule has 0 saturated carbocycles. The number of amides is 1. The average molecular weight is 325 g/mol. The predicted molar refractivity (Wildman–Crippen MR) is 92.0 cm³/mol. The summed E-state index contributed by atoms with van der Waals surface area (Å²) in [6.45, 7) is 1.23. The summed E-state index contributed by atoms with van der Waals surface area (Å²) < 4.78 is 5.12. The molecule has 0 saturated heterocycles.